The summed E-state index contributed by atoms with van der Waals surface area (Å²) < 4.78 is 0. The third kappa shape index (κ3) is 2.82. The van der Waals surface area contributed by atoms with E-state index >= 15 is 0 Å². The maximum Gasteiger partial charge on any atom is 0.366 e. The predicted molar refractivity (Wildman–Crippen MR) is 124 cm³/mol. The molecule has 0 unspecified atom stereocenters. The lowest BCUT2D eigenvalue weighted by molar-refractivity contribution is 0.0519. The van der Waals surface area contributed by atoms with Crippen molar-refractivity contribution in [3.63, 3.8) is 0 Å². The molecule has 0 amide bonds. The Balaban J connectivity index is 1.42. The lowest BCUT2D eigenvalue weighted by Gasteiger charge is -2.07. The van der Waals surface area contributed by atoms with Crippen LogP contribution in [-0.2, 0) is 4.84 Å². The van der Waals surface area contributed by atoms with Gasteiger partial charge in [0.15, 0.2) is 0 Å². The molecule has 0 aliphatic heterocycles. The van der Waals surface area contributed by atoms with Crippen molar-refractivity contribution in [2.45, 2.75) is 0 Å². The second-order valence-electron chi connectivity index (χ2n) is 7.64. The fourth-order valence-corrected chi connectivity index (χ4v) is 4.37. The van der Waals surface area contributed by atoms with Gasteiger partial charge in [-0.2, -0.15) is 0 Å². The van der Waals surface area contributed by atoms with E-state index in [2.05, 4.69) is 29.4 Å². The highest BCUT2D eigenvalue weighted by Gasteiger charge is 2.25. The molecule has 3 heteroatoms. The minimum Gasteiger partial charge on any atom is -0.312 e. The first-order chi connectivity index (χ1) is 15.3. The van der Waals surface area contributed by atoms with Crippen LogP contribution in [0.3, 0.4) is 0 Å². The third-order valence-electron chi connectivity index (χ3n) is 5.84. The zero-order valence-electron chi connectivity index (χ0n) is 16.6. The van der Waals surface area contributed by atoms with Crippen molar-refractivity contribution in [2.24, 2.45) is 5.16 Å². The second-order valence-corrected chi connectivity index (χ2v) is 7.64. The Morgan fingerprint density at radius 1 is 0.581 bits per heavy atom. The molecule has 0 saturated carbocycles. The monoisotopic (exact) mass is 399 g/mol. The number of hydrogen-bond donors (Lipinski definition) is 0. The van der Waals surface area contributed by atoms with Crippen molar-refractivity contribution in [2.75, 3.05) is 0 Å². The van der Waals surface area contributed by atoms with Crippen LogP contribution in [0, 0.1) is 0 Å². The molecule has 0 saturated heterocycles. The van der Waals surface area contributed by atoms with Gasteiger partial charge in [-0.3, -0.25) is 0 Å². The van der Waals surface area contributed by atoms with Gasteiger partial charge < -0.3 is 4.84 Å². The second kappa shape index (κ2) is 6.92. The molecule has 0 atom stereocenters. The highest BCUT2D eigenvalue weighted by Crippen LogP contribution is 2.36. The largest absolute Gasteiger partial charge is 0.366 e. The van der Waals surface area contributed by atoms with Gasteiger partial charge >= 0.3 is 5.97 Å². The van der Waals surface area contributed by atoms with Crippen LogP contribution < -0.4 is 0 Å². The summed E-state index contributed by atoms with van der Waals surface area (Å²) in [4.78, 5) is 18.5. The van der Waals surface area contributed by atoms with Gasteiger partial charge in [0.1, 0.15) is 5.71 Å². The molecular weight excluding hydrogens is 382 g/mol. The summed E-state index contributed by atoms with van der Waals surface area (Å²) in [5, 5.41) is 8.40. The summed E-state index contributed by atoms with van der Waals surface area (Å²) in [6, 6.07) is 34.0. The maximum absolute atomic E-state index is 13.0. The molecule has 0 fully saturated rings. The number of fused-ring (bicyclic) bond motifs is 5. The van der Waals surface area contributed by atoms with Crippen LogP contribution in [-0.4, -0.2) is 11.7 Å². The van der Waals surface area contributed by atoms with Crippen molar-refractivity contribution in [1.29, 1.82) is 0 Å². The Kier molecular flexibility index (Phi) is 3.93. The van der Waals surface area contributed by atoms with Gasteiger partial charge in [0.25, 0.3) is 0 Å². The molecule has 0 aromatic heterocycles. The molecule has 0 heterocycles. The number of carbonyl (C=O) groups excluding carboxylic acids is 1. The van der Waals surface area contributed by atoms with E-state index in [1.54, 1.807) is 6.07 Å². The molecule has 6 rings (SSSR count). The fourth-order valence-electron chi connectivity index (χ4n) is 4.37. The van der Waals surface area contributed by atoms with Crippen molar-refractivity contribution in [3.05, 3.63) is 120 Å². The van der Waals surface area contributed by atoms with E-state index in [-0.39, 0.29) is 0 Å². The zero-order valence-corrected chi connectivity index (χ0v) is 16.6. The van der Waals surface area contributed by atoms with E-state index < -0.39 is 5.97 Å². The standard InChI is InChI=1S/C28H17NO2/c30-28(25-15-7-10-20-16-18-8-1-2-9-19(18)17-26(20)25)31-29-27-23-13-5-3-11-21(23)22-12-4-6-14-24(22)27/h1-17H. The lowest BCUT2D eigenvalue weighted by Crippen LogP contribution is -2.06. The smallest absolute Gasteiger partial charge is 0.312 e. The van der Waals surface area contributed by atoms with Crippen LogP contribution in [0.1, 0.15) is 21.5 Å². The Hall–Kier alpha value is -4.24. The van der Waals surface area contributed by atoms with Crippen LogP contribution in [0.5, 0.6) is 0 Å². The van der Waals surface area contributed by atoms with Crippen LogP contribution >= 0.6 is 0 Å². The van der Waals surface area contributed by atoms with E-state index in [1.165, 1.54) is 0 Å². The predicted octanol–water partition coefficient (Wildman–Crippen LogP) is 6.58. The Morgan fingerprint density at radius 2 is 1.13 bits per heavy atom. The van der Waals surface area contributed by atoms with E-state index in [4.69, 9.17) is 4.84 Å². The number of oxime groups is 1. The third-order valence-corrected chi connectivity index (χ3v) is 5.84. The fraction of sp³-hybridized carbons (Fsp3) is 0. The van der Waals surface area contributed by atoms with Gasteiger partial charge in [0.2, 0.25) is 0 Å². The van der Waals surface area contributed by atoms with Crippen LogP contribution in [0.4, 0.5) is 0 Å². The van der Waals surface area contributed by atoms with Crippen LogP contribution in [0.15, 0.2) is 108 Å². The molecule has 31 heavy (non-hydrogen) atoms. The quantitative estimate of drug-likeness (QED) is 0.187. The van der Waals surface area contributed by atoms with Crippen molar-refractivity contribution >= 4 is 33.2 Å². The molecule has 5 aromatic carbocycles. The zero-order chi connectivity index (χ0) is 20.8. The average Bonchev–Trinajstić information content (AvgIpc) is 3.14. The molecule has 5 aromatic rings. The van der Waals surface area contributed by atoms with E-state index in [0.717, 1.165) is 43.8 Å². The van der Waals surface area contributed by atoms with Gasteiger partial charge in [0, 0.05) is 11.1 Å². The summed E-state index contributed by atoms with van der Waals surface area (Å²) in [6.45, 7) is 0. The van der Waals surface area contributed by atoms with Gasteiger partial charge in [-0.15, -0.1) is 0 Å². The average molecular weight is 399 g/mol. The summed E-state index contributed by atoms with van der Waals surface area (Å²) >= 11 is 0. The topological polar surface area (TPSA) is 38.7 Å². The molecule has 1 aliphatic rings. The number of nitrogens with zero attached hydrogens (tertiary/aromatic N) is 1. The molecular formula is C28H17NO2. The Morgan fingerprint density at radius 3 is 1.81 bits per heavy atom. The van der Waals surface area contributed by atoms with Crippen molar-refractivity contribution in [1.82, 2.24) is 0 Å². The Labute approximate surface area is 179 Å². The van der Waals surface area contributed by atoms with Gasteiger partial charge in [-0.05, 0) is 50.9 Å². The first kappa shape index (κ1) is 17.6. The molecule has 0 bridgehead atoms. The minimum absolute atomic E-state index is 0.463. The van der Waals surface area contributed by atoms with E-state index in [0.29, 0.717) is 11.3 Å². The maximum atomic E-state index is 13.0. The first-order valence-corrected chi connectivity index (χ1v) is 10.2. The molecule has 3 nitrogen and oxygen atoms in total. The number of rotatable bonds is 2. The normalized spacial score (nSPS) is 11.9. The molecule has 1 aliphatic carbocycles. The summed E-state index contributed by atoms with van der Waals surface area (Å²) in [6.07, 6.45) is 0. The first-order valence-electron chi connectivity index (χ1n) is 10.2. The summed E-state index contributed by atoms with van der Waals surface area (Å²) in [7, 11) is 0. The Bertz CT molecular complexity index is 1480. The lowest BCUT2D eigenvalue weighted by atomic mass is 10.00. The molecule has 0 spiro atoms. The SMILES string of the molecule is O=C(ON=C1c2ccccc2-c2ccccc21)c1cccc2cc3ccccc3cc12. The number of carbonyl (C=O) groups is 1. The van der Waals surface area contributed by atoms with Crippen LogP contribution in [0.2, 0.25) is 0 Å². The summed E-state index contributed by atoms with van der Waals surface area (Å²) in [5.74, 6) is -0.463. The van der Waals surface area contributed by atoms with E-state index in [9.17, 15) is 4.79 Å². The van der Waals surface area contributed by atoms with Gasteiger partial charge in [0.05, 0.1) is 5.56 Å². The highest BCUT2D eigenvalue weighted by molar-refractivity contribution is 6.24. The summed E-state index contributed by atoms with van der Waals surface area (Å²) in [5.41, 5.74) is 5.34. The molecule has 146 valence electrons. The van der Waals surface area contributed by atoms with Gasteiger partial charge in [-0.1, -0.05) is 90.1 Å². The van der Waals surface area contributed by atoms with Crippen molar-refractivity contribution in [3.8, 4) is 11.1 Å². The molecule has 0 radical (unpaired) electrons. The van der Waals surface area contributed by atoms with E-state index in [1.807, 2.05) is 72.8 Å². The van der Waals surface area contributed by atoms with Gasteiger partial charge in [-0.25, -0.2) is 4.79 Å². The molecule has 0 N–H and O–H groups in total. The minimum atomic E-state index is -0.463. The highest BCUT2D eigenvalue weighted by atomic mass is 16.7. The number of benzene rings is 5. The van der Waals surface area contributed by atoms with Crippen molar-refractivity contribution < 1.29 is 9.63 Å². The van der Waals surface area contributed by atoms with Crippen LogP contribution in [0.25, 0.3) is 32.7 Å². The number of hydrogen-bond acceptors (Lipinski definition) is 3.